The number of nitrogens with one attached hydrogen (secondary N) is 2. The maximum absolute atomic E-state index is 6.33. The quantitative estimate of drug-likeness (QED) is 0.749. The molecule has 3 aliphatic rings. The van der Waals surface area contributed by atoms with Crippen molar-refractivity contribution in [1.82, 2.24) is 20.2 Å². The molecule has 2 aromatic rings. The van der Waals surface area contributed by atoms with Gasteiger partial charge in [-0.1, -0.05) is 13.8 Å². The number of nitrogens with zero attached hydrogens (tertiary/aromatic N) is 4. The van der Waals surface area contributed by atoms with Crippen molar-refractivity contribution in [2.45, 2.75) is 45.7 Å². The van der Waals surface area contributed by atoms with Crippen LogP contribution in [-0.2, 0) is 4.74 Å². The fourth-order valence-corrected chi connectivity index (χ4v) is 5.39. The molecule has 4 heterocycles. The van der Waals surface area contributed by atoms with Gasteiger partial charge >= 0.3 is 0 Å². The van der Waals surface area contributed by atoms with E-state index in [-0.39, 0.29) is 11.1 Å². The number of rotatable bonds is 5. The molecule has 5 rings (SSSR count). The molecule has 2 fully saturated rings. The highest BCUT2D eigenvalue weighted by molar-refractivity contribution is 5.85. The van der Waals surface area contributed by atoms with Crippen LogP contribution in [0.15, 0.2) is 15.7 Å². The summed E-state index contributed by atoms with van der Waals surface area (Å²) in [7, 11) is 1.99. The third-order valence-electron chi connectivity index (χ3n) is 7.32. The average Bonchev–Trinajstić information content (AvgIpc) is 3.12. The average molecular weight is 427 g/mol. The zero-order chi connectivity index (χ0) is 21.6. The Balaban J connectivity index is 1.54. The second-order valence-corrected chi connectivity index (χ2v) is 10.0. The van der Waals surface area contributed by atoms with E-state index in [0.29, 0.717) is 17.1 Å². The third kappa shape index (κ3) is 3.75. The first-order valence-electron chi connectivity index (χ1n) is 11.5. The van der Waals surface area contributed by atoms with Gasteiger partial charge in [-0.25, -0.2) is 15.0 Å². The van der Waals surface area contributed by atoms with Gasteiger partial charge in [0.2, 0.25) is 5.55 Å². The molecular weight excluding hydrogens is 392 g/mol. The number of hydrogen-bond donors (Lipinski definition) is 2. The molecule has 2 aromatic heterocycles. The van der Waals surface area contributed by atoms with Crippen LogP contribution in [-0.4, -0.2) is 67.0 Å². The summed E-state index contributed by atoms with van der Waals surface area (Å²) in [6.07, 6.45) is 4.99. The van der Waals surface area contributed by atoms with E-state index >= 15 is 0 Å². The normalized spacial score (nSPS) is 28.1. The summed E-state index contributed by atoms with van der Waals surface area (Å²) in [5, 5.41) is 8.03. The molecule has 2 N–H and O–H groups in total. The Morgan fingerprint density at radius 3 is 2.77 bits per heavy atom. The van der Waals surface area contributed by atoms with Gasteiger partial charge in [-0.3, -0.25) is 10.2 Å². The second kappa shape index (κ2) is 7.83. The molecule has 0 bridgehead atoms. The van der Waals surface area contributed by atoms with E-state index < -0.39 is 0 Å². The SMILES string of the molecule is CNC1(C)N=c2oc3c(NCCN4CCOCC4)ncnc3c2=C2CC(C)(C)CCC21. The summed E-state index contributed by atoms with van der Waals surface area (Å²) < 4.78 is 11.8. The predicted octanol–water partition coefficient (Wildman–Crippen LogP) is 1.51. The number of aromatic nitrogens is 2. The molecule has 0 amide bonds. The minimum Gasteiger partial charge on any atom is -0.432 e. The van der Waals surface area contributed by atoms with Crippen LogP contribution in [0.4, 0.5) is 5.82 Å². The Morgan fingerprint density at radius 1 is 1.19 bits per heavy atom. The van der Waals surface area contributed by atoms with Gasteiger partial charge in [-0.15, -0.1) is 0 Å². The number of furan rings is 1. The molecule has 2 aliphatic heterocycles. The largest absolute Gasteiger partial charge is 0.432 e. The van der Waals surface area contributed by atoms with Crippen molar-refractivity contribution in [1.29, 1.82) is 0 Å². The lowest BCUT2D eigenvalue weighted by molar-refractivity contribution is 0.0398. The molecule has 1 saturated carbocycles. The molecule has 168 valence electrons. The first-order valence-corrected chi connectivity index (χ1v) is 11.5. The van der Waals surface area contributed by atoms with E-state index in [0.717, 1.165) is 68.8 Å². The summed E-state index contributed by atoms with van der Waals surface area (Å²) in [5.41, 5.74) is 3.63. The monoisotopic (exact) mass is 426 g/mol. The lowest BCUT2D eigenvalue weighted by atomic mass is 9.66. The lowest BCUT2D eigenvalue weighted by Gasteiger charge is -2.44. The summed E-state index contributed by atoms with van der Waals surface area (Å²) >= 11 is 0. The van der Waals surface area contributed by atoms with Crippen molar-refractivity contribution in [3.8, 4) is 0 Å². The van der Waals surface area contributed by atoms with Crippen LogP contribution in [0.25, 0.3) is 16.7 Å². The van der Waals surface area contributed by atoms with Gasteiger partial charge in [-0.05, 0) is 44.2 Å². The molecule has 1 aliphatic carbocycles. The molecule has 0 spiro atoms. The van der Waals surface area contributed by atoms with Gasteiger partial charge < -0.3 is 14.5 Å². The van der Waals surface area contributed by atoms with Crippen molar-refractivity contribution in [2.75, 3.05) is 51.8 Å². The van der Waals surface area contributed by atoms with Crippen LogP contribution in [0.3, 0.4) is 0 Å². The standard InChI is InChI=1S/C23H34N6O2/c1-22(2)6-5-16-15(13-22)17-18-19(31-21(17)28-23(16,3)24-4)20(27-14-26-18)25-7-8-29-9-11-30-12-10-29/h14,16,24H,5-13H2,1-4H3,(H,25,26,27). The van der Waals surface area contributed by atoms with Crippen molar-refractivity contribution in [2.24, 2.45) is 16.3 Å². The van der Waals surface area contributed by atoms with Crippen LogP contribution >= 0.6 is 0 Å². The van der Waals surface area contributed by atoms with Crippen molar-refractivity contribution < 1.29 is 9.15 Å². The van der Waals surface area contributed by atoms with Gasteiger partial charge in [0.15, 0.2) is 11.4 Å². The van der Waals surface area contributed by atoms with Crippen LogP contribution < -0.4 is 21.4 Å². The Kier molecular flexibility index (Phi) is 5.27. The summed E-state index contributed by atoms with van der Waals surface area (Å²) in [4.78, 5) is 16.6. The Bertz CT molecular complexity index is 1090. The van der Waals surface area contributed by atoms with Crippen molar-refractivity contribution in [3.63, 3.8) is 0 Å². The van der Waals surface area contributed by atoms with E-state index in [2.05, 4.69) is 46.3 Å². The van der Waals surface area contributed by atoms with Gasteiger partial charge in [0.25, 0.3) is 0 Å². The van der Waals surface area contributed by atoms with Crippen LogP contribution in [0.5, 0.6) is 0 Å². The van der Waals surface area contributed by atoms with E-state index in [1.54, 1.807) is 6.33 Å². The lowest BCUT2D eigenvalue weighted by Crippen LogP contribution is -2.54. The summed E-state index contributed by atoms with van der Waals surface area (Å²) in [6.45, 7) is 12.2. The van der Waals surface area contributed by atoms with E-state index in [9.17, 15) is 0 Å². The Morgan fingerprint density at radius 2 is 2.00 bits per heavy atom. The van der Waals surface area contributed by atoms with Gasteiger partial charge in [0.05, 0.1) is 18.4 Å². The number of ether oxygens (including phenoxy) is 1. The molecule has 31 heavy (non-hydrogen) atoms. The van der Waals surface area contributed by atoms with E-state index in [4.69, 9.17) is 14.1 Å². The summed E-state index contributed by atoms with van der Waals surface area (Å²) in [5.74, 6) is 1.10. The van der Waals surface area contributed by atoms with E-state index in [1.165, 1.54) is 12.0 Å². The maximum atomic E-state index is 6.33. The molecule has 8 nitrogen and oxygen atoms in total. The van der Waals surface area contributed by atoms with Gasteiger partial charge in [0, 0.05) is 32.1 Å². The Hall–Kier alpha value is -2.03. The first-order chi connectivity index (χ1) is 14.9. The first kappa shape index (κ1) is 20.8. The number of anilines is 1. The molecule has 0 radical (unpaired) electrons. The predicted molar refractivity (Wildman–Crippen MR) is 120 cm³/mol. The third-order valence-corrected chi connectivity index (χ3v) is 7.32. The van der Waals surface area contributed by atoms with Crippen molar-refractivity contribution >= 4 is 22.5 Å². The molecular formula is C23H34N6O2. The zero-order valence-corrected chi connectivity index (χ0v) is 19.1. The second-order valence-electron chi connectivity index (χ2n) is 10.0. The number of hydrogen-bond acceptors (Lipinski definition) is 8. The smallest absolute Gasteiger partial charge is 0.226 e. The highest BCUT2D eigenvalue weighted by Gasteiger charge is 2.44. The highest BCUT2D eigenvalue weighted by Crippen LogP contribution is 2.47. The van der Waals surface area contributed by atoms with Gasteiger partial charge in [-0.2, -0.15) is 0 Å². The summed E-state index contributed by atoms with van der Waals surface area (Å²) in [6, 6.07) is 0. The van der Waals surface area contributed by atoms with Gasteiger partial charge in [0.1, 0.15) is 17.5 Å². The molecule has 8 heteroatoms. The minimum atomic E-state index is -0.357. The van der Waals surface area contributed by atoms with Crippen LogP contribution in [0.2, 0.25) is 0 Å². The number of fused-ring (bicyclic) bond motifs is 4. The molecule has 2 atom stereocenters. The zero-order valence-electron chi connectivity index (χ0n) is 19.1. The molecule has 0 aromatic carbocycles. The fourth-order valence-electron chi connectivity index (χ4n) is 5.39. The number of morpholine rings is 1. The molecule has 1 saturated heterocycles. The topological polar surface area (TPSA) is 87.8 Å². The maximum Gasteiger partial charge on any atom is 0.226 e. The molecule has 2 unspecified atom stereocenters. The van der Waals surface area contributed by atoms with Crippen molar-refractivity contribution in [3.05, 3.63) is 17.1 Å². The van der Waals surface area contributed by atoms with E-state index in [1.807, 2.05) is 7.05 Å². The highest BCUT2D eigenvalue weighted by atomic mass is 16.5. The van der Waals surface area contributed by atoms with Crippen LogP contribution in [0, 0.1) is 11.3 Å². The minimum absolute atomic E-state index is 0.269. The fraction of sp³-hybridized carbons (Fsp3) is 0.696. The van der Waals surface area contributed by atoms with Crippen LogP contribution in [0.1, 0.15) is 40.0 Å². The Labute approximate surface area is 183 Å².